The van der Waals surface area contributed by atoms with Crippen LogP contribution in [-0.4, -0.2) is 51.5 Å². The minimum absolute atomic E-state index is 0.0211. The molecule has 208 valence electrons. The van der Waals surface area contributed by atoms with E-state index in [4.69, 9.17) is 9.47 Å². The number of allylic oxidation sites excluding steroid dienone is 4. The molecule has 0 aromatic heterocycles. The first kappa shape index (κ1) is 27.5. The first-order chi connectivity index (χ1) is 17.8. The van der Waals surface area contributed by atoms with Gasteiger partial charge < -0.3 is 14.6 Å². The lowest BCUT2D eigenvalue weighted by Crippen LogP contribution is -2.63. The molecule has 2 unspecified atom stereocenters. The van der Waals surface area contributed by atoms with Gasteiger partial charge in [0.25, 0.3) is 0 Å². The quantitative estimate of drug-likeness (QED) is 0.513. The van der Waals surface area contributed by atoms with Crippen LogP contribution >= 0.6 is 11.8 Å². The van der Waals surface area contributed by atoms with E-state index in [-0.39, 0.29) is 31.3 Å². The van der Waals surface area contributed by atoms with Crippen LogP contribution in [0.25, 0.3) is 0 Å². The van der Waals surface area contributed by atoms with E-state index in [1.54, 1.807) is 13.8 Å². The van der Waals surface area contributed by atoms with Gasteiger partial charge in [-0.25, -0.2) is 4.39 Å². The van der Waals surface area contributed by atoms with Crippen LogP contribution in [-0.2, 0) is 28.7 Å². The van der Waals surface area contributed by atoms with Crippen molar-refractivity contribution in [2.75, 3.05) is 6.61 Å². The van der Waals surface area contributed by atoms with Crippen molar-refractivity contribution in [3.8, 4) is 0 Å². The third kappa shape index (κ3) is 3.54. The van der Waals surface area contributed by atoms with Crippen LogP contribution in [0.2, 0.25) is 0 Å². The Labute approximate surface area is 224 Å². The number of ketones is 1. The van der Waals surface area contributed by atoms with E-state index in [2.05, 4.69) is 0 Å². The Morgan fingerprint density at radius 2 is 1.95 bits per heavy atom. The summed E-state index contributed by atoms with van der Waals surface area (Å²) in [6, 6.07) is 0. The second kappa shape index (κ2) is 9.25. The Hall–Kier alpha value is -2.07. The van der Waals surface area contributed by atoms with E-state index in [9.17, 15) is 28.7 Å². The molecule has 0 spiro atoms. The van der Waals surface area contributed by atoms with E-state index in [1.807, 2.05) is 13.8 Å². The van der Waals surface area contributed by atoms with Crippen molar-refractivity contribution in [2.24, 2.45) is 34.5 Å². The van der Waals surface area contributed by atoms with Gasteiger partial charge in [0.05, 0.1) is 12.7 Å². The molecule has 5 rings (SSSR count). The highest BCUT2D eigenvalue weighted by Crippen LogP contribution is 2.70. The largest absolute Gasteiger partial charge is 0.465 e. The van der Waals surface area contributed by atoms with Gasteiger partial charge in [0.2, 0.25) is 16.7 Å². The predicted octanol–water partition coefficient (Wildman–Crippen LogP) is 4.37. The molecular weight excluding hydrogens is 518 g/mol. The number of aliphatic hydroxyl groups is 1. The van der Waals surface area contributed by atoms with Crippen molar-refractivity contribution in [2.45, 2.75) is 83.2 Å². The maximum absolute atomic E-state index is 15.5. The molecular formula is C28H34F2O7S. The van der Waals surface area contributed by atoms with Crippen LogP contribution in [0.4, 0.5) is 8.78 Å². The highest BCUT2D eigenvalue weighted by Gasteiger charge is 2.74. The molecule has 10 heteroatoms. The third-order valence-corrected chi connectivity index (χ3v) is 11.5. The summed E-state index contributed by atoms with van der Waals surface area (Å²) >= 11 is 0.835. The fraction of sp³-hybridized carbons (Fsp3) is 0.714. The summed E-state index contributed by atoms with van der Waals surface area (Å²) in [6.07, 6.45) is 1.81. The molecule has 7 nitrogen and oxygen atoms in total. The summed E-state index contributed by atoms with van der Waals surface area (Å²) in [4.78, 5) is 51.1. The van der Waals surface area contributed by atoms with Crippen molar-refractivity contribution >= 4 is 34.6 Å². The van der Waals surface area contributed by atoms with Gasteiger partial charge in [0, 0.05) is 35.5 Å². The van der Waals surface area contributed by atoms with Gasteiger partial charge in [-0.3, -0.25) is 19.2 Å². The number of halogens is 2. The van der Waals surface area contributed by atoms with E-state index < -0.39 is 74.1 Å². The lowest BCUT2D eigenvalue weighted by Gasteiger charge is -2.60. The Morgan fingerprint density at radius 1 is 1.24 bits per heavy atom. The monoisotopic (exact) mass is 552 g/mol. The zero-order valence-electron chi connectivity index (χ0n) is 22.1. The molecule has 0 bridgehead atoms. The van der Waals surface area contributed by atoms with E-state index in [1.165, 1.54) is 6.08 Å². The summed E-state index contributed by atoms with van der Waals surface area (Å²) in [5.74, 6) is -6.29. The fourth-order valence-electron chi connectivity index (χ4n) is 8.50. The third-order valence-electron chi connectivity index (χ3n) is 10.2. The number of rotatable bonds is 4. The summed E-state index contributed by atoms with van der Waals surface area (Å²) < 4.78 is 41.3. The minimum Gasteiger partial charge on any atom is -0.465 e. The van der Waals surface area contributed by atoms with Gasteiger partial charge >= 0.3 is 11.9 Å². The molecule has 0 aromatic carbocycles. The number of aliphatic hydroxyl groups excluding tert-OH is 1. The number of esters is 2. The first-order valence-corrected chi connectivity index (χ1v) is 14.3. The van der Waals surface area contributed by atoms with Crippen molar-refractivity contribution in [3.05, 3.63) is 23.3 Å². The van der Waals surface area contributed by atoms with Crippen molar-refractivity contribution < 1.29 is 42.5 Å². The molecule has 0 amide bonds. The first-order valence-electron chi connectivity index (χ1n) is 13.4. The number of thioether (sulfide) groups is 1. The number of cyclic esters (lactones) is 1. The average molecular weight is 553 g/mol. The van der Waals surface area contributed by atoms with Crippen LogP contribution in [0.1, 0.15) is 66.2 Å². The Balaban J connectivity index is 1.58. The zero-order valence-corrected chi connectivity index (χ0v) is 22.9. The molecule has 4 aliphatic carbocycles. The Kier molecular flexibility index (Phi) is 6.69. The number of hydrogen-bond acceptors (Lipinski definition) is 8. The summed E-state index contributed by atoms with van der Waals surface area (Å²) in [5, 5.41) is 10.5. The second-order valence-corrected chi connectivity index (χ2v) is 13.1. The molecule has 5 aliphatic rings. The second-order valence-electron chi connectivity index (χ2n) is 11.9. The SMILES string of the molecule is CCC(=O)O[C@]1(C(=O)SC2CCOC2=O)C(C)C[C@H]2[C@@H]3CCC4=CC(=O)C(F)=C(F)[C@]4(C)[C@H]3[C@@H](O)C[C@@]21C. The smallest absolute Gasteiger partial charge is 0.319 e. The number of ether oxygens (including phenoxy) is 2. The van der Waals surface area contributed by atoms with Gasteiger partial charge in [0.15, 0.2) is 5.60 Å². The summed E-state index contributed by atoms with van der Waals surface area (Å²) in [7, 11) is 0. The van der Waals surface area contributed by atoms with Gasteiger partial charge in [0.1, 0.15) is 11.1 Å². The van der Waals surface area contributed by atoms with Crippen molar-refractivity contribution in [1.29, 1.82) is 0 Å². The molecule has 0 aromatic rings. The van der Waals surface area contributed by atoms with Crippen LogP contribution in [0, 0.1) is 34.5 Å². The lowest BCUT2D eigenvalue weighted by atomic mass is 9.46. The average Bonchev–Trinajstić information content (AvgIpc) is 3.36. The molecule has 1 saturated heterocycles. The maximum Gasteiger partial charge on any atom is 0.319 e. The molecule has 0 radical (unpaired) electrons. The Morgan fingerprint density at radius 3 is 2.58 bits per heavy atom. The number of carbonyl (C=O) groups is 4. The molecule has 9 atom stereocenters. The normalized spacial score (nSPS) is 44.1. The highest BCUT2D eigenvalue weighted by molar-refractivity contribution is 8.14. The van der Waals surface area contributed by atoms with Crippen molar-refractivity contribution in [1.82, 2.24) is 0 Å². The Bertz CT molecular complexity index is 1170. The van der Waals surface area contributed by atoms with Gasteiger partial charge in [-0.1, -0.05) is 38.1 Å². The van der Waals surface area contributed by atoms with E-state index >= 15 is 4.39 Å². The molecule has 1 aliphatic heterocycles. The molecule has 38 heavy (non-hydrogen) atoms. The maximum atomic E-state index is 15.5. The zero-order chi connectivity index (χ0) is 27.8. The molecule has 3 saturated carbocycles. The topological polar surface area (TPSA) is 107 Å². The van der Waals surface area contributed by atoms with Crippen LogP contribution in [0.3, 0.4) is 0 Å². The highest BCUT2D eigenvalue weighted by atomic mass is 32.2. The fourth-order valence-corrected chi connectivity index (χ4v) is 9.78. The summed E-state index contributed by atoms with van der Waals surface area (Å²) in [5.41, 5.74) is -3.61. The van der Waals surface area contributed by atoms with Gasteiger partial charge in [-0.05, 0) is 50.5 Å². The van der Waals surface area contributed by atoms with E-state index in [0.29, 0.717) is 31.3 Å². The predicted molar refractivity (Wildman–Crippen MR) is 134 cm³/mol. The lowest BCUT2D eigenvalue weighted by molar-refractivity contribution is -0.200. The standard InChI is InChI=1S/C28H34F2O7S/c1-5-20(33)37-28(25(35)38-19-8-9-36-24(19)34)13(2)10-16-15-7-6-14-11-17(31)22(29)23(30)27(14,4)21(15)18(32)12-26(16,28)3/h11,13,15-16,18-19,21,32H,5-10,12H2,1-4H3/t13?,15-,16-,18-,19?,21+,26-,27-,28-/m0/s1. The van der Waals surface area contributed by atoms with Crippen LogP contribution in [0.15, 0.2) is 23.3 Å². The number of hydrogen-bond donors (Lipinski definition) is 1. The van der Waals surface area contributed by atoms with Crippen LogP contribution < -0.4 is 0 Å². The molecule has 1 N–H and O–H groups in total. The number of fused-ring (bicyclic) bond motifs is 5. The summed E-state index contributed by atoms with van der Waals surface area (Å²) in [6.45, 7) is 7.10. The number of carbonyl (C=O) groups excluding carboxylic acids is 4. The van der Waals surface area contributed by atoms with Crippen molar-refractivity contribution in [3.63, 3.8) is 0 Å². The van der Waals surface area contributed by atoms with Gasteiger partial charge in [-0.15, -0.1) is 0 Å². The molecule has 1 heterocycles. The van der Waals surface area contributed by atoms with E-state index in [0.717, 1.165) is 11.8 Å². The van der Waals surface area contributed by atoms with Gasteiger partial charge in [-0.2, -0.15) is 4.39 Å². The van der Waals surface area contributed by atoms with Crippen LogP contribution in [0.5, 0.6) is 0 Å². The minimum atomic E-state index is -1.61. The molecule has 4 fully saturated rings.